The molecule has 0 aromatic rings. The Labute approximate surface area is 113 Å². The van der Waals surface area contributed by atoms with Gasteiger partial charge in [-0.25, -0.2) is 4.79 Å². The lowest BCUT2D eigenvalue weighted by Crippen LogP contribution is -2.53. The zero-order valence-corrected chi connectivity index (χ0v) is 12.1. The Balaban J connectivity index is 2.78. The van der Waals surface area contributed by atoms with Crippen molar-refractivity contribution < 1.29 is 24.2 Å². The predicted molar refractivity (Wildman–Crippen MR) is 68.6 cm³/mol. The number of nitrogens with zero attached hydrogens (tertiary/aromatic N) is 1. The van der Waals surface area contributed by atoms with E-state index in [1.165, 1.54) is 12.0 Å². The van der Waals surface area contributed by atoms with Crippen LogP contribution in [0.4, 0.5) is 4.79 Å². The molecule has 0 spiro atoms. The molecule has 1 N–H and O–H groups in total. The molecule has 1 saturated heterocycles. The van der Waals surface area contributed by atoms with E-state index in [2.05, 4.69) is 0 Å². The molecule has 0 radical (unpaired) electrons. The molecule has 6 heteroatoms. The summed E-state index contributed by atoms with van der Waals surface area (Å²) in [5.41, 5.74) is -1.61. The first kappa shape index (κ1) is 15.8. The van der Waals surface area contributed by atoms with E-state index >= 15 is 0 Å². The third-order valence-electron chi connectivity index (χ3n) is 3.15. The van der Waals surface area contributed by atoms with Crippen LogP contribution in [-0.4, -0.2) is 54.5 Å². The SMILES string of the molecule is COC(=O)C1(CO)CCCN(C(=O)OC(C)(C)C)C1. The number of methoxy groups -OCH3 is 1. The van der Waals surface area contributed by atoms with Crippen LogP contribution in [0.1, 0.15) is 33.6 Å². The second-order valence-corrected chi connectivity index (χ2v) is 5.94. The summed E-state index contributed by atoms with van der Waals surface area (Å²) in [5, 5.41) is 9.50. The van der Waals surface area contributed by atoms with Crippen molar-refractivity contribution in [3.05, 3.63) is 0 Å². The summed E-state index contributed by atoms with van der Waals surface area (Å²) in [7, 11) is 1.28. The summed E-state index contributed by atoms with van der Waals surface area (Å²) in [4.78, 5) is 25.3. The van der Waals surface area contributed by atoms with E-state index in [-0.39, 0.29) is 13.2 Å². The number of hydrogen-bond donors (Lipinski definition) is 1. The number of esters is 1. The van der Waals surface area contributed by atoms with Crippen LogP contribution in [-0.2, 0) is 14.3 Å². The van der Waals surface area contributed by atoms with Crippen molar-refractivity contribution in [1.82, 2.24) is 4.90 Å². The normalized spacial score (nSPS) is 23.9. The van der Waals surface area contributed by atoms with Crippen LogP contribution in [0.15, 0.2) is 0 Å². The summed E-state index contributed by atoms with van der Waals surface area (Å²) in [6.45, 7) is 5.68. The van der Waals surface area contributed by atoms with Crippen molar-refractivity contribution in [2.45, 2.75) is 39.2 Å². The van der Waals surface area contributed by atoms with Gasteiger partial charge >= 0.3 is 12.1 Å². The molecule has 0 aromatic carbocycles. The third kappa shape index (κ3) is 3.83. The van der Waals surface area contributed by atoms with E-state index in [4.69, 9.17) is 9.47 Å². The van der Waals surface area contributed by atoms with E-state index in [0.717, 1.165) is 0 Å². The fourth-order valence-corrected chi connectivity index (χ4v) is 2.19. The topological polar surface area (TPSA) is 76.1 Å². The first-order valence-corrected chi connectivity index (χ1v) is 6.41. The van der Waals surface area contributed by atoms with Crippen LogP contribution in [0.2, 0.25) is 0 Å². The summed E-state index contributed by atoms with van der Waals surface area (Å²) < 4.78 is 10.0. The maximum atomic E-state index is 12.0. The standard InChI is InChI=1S/C13H23NO5/c1-12(2,3)19-11(17)14-7-5-6-13(8-14,9-15)10(16)18-4/h15H,5-9H2,1-4H3. The van der Waals surface area contributed by atoms with Gasteiger partial charge in [-0.3, -0.25) is 4.79 Å². The number of ether oxygens (including phenoxy) is 2. The summed E-state index contributed by atoms with van der Waals surface area (Å²) in [5.74, 6) is -0.483. The van der Waals surface area contributed by atoms with Gasteiger partial charge in [0.25, 0.3) is 0 Å². The number of rotatable bonds is 2. The van der Waals surface area contributed by atoms with Gasteiger partial charge in [0.1, 0.15) is 11.0 Å². The molecule has 1 aliphatic heterocycles. The van der Waals surface area contributed by atoms with E-state index in [0.29, 0.717) is 19.4 Å². The van der Waals surface area contributed by atoms with Crippen molar-refractivity contribution in [3.8, 4) is 0 Å². The molecular weight excluding hydrogens is 250 g/mol. The van der Waals surface area contributed by atoms with Crippen LogP contribution in [0.3, 0.4) is 0 Å². The molecular formula is C13H23NO5. The van der Waals surface area contributed by atoms with Crippen LogP contribution in [0.5, 0.6) is 0 Å². The highest BCUT2D eigenvalue weighted by Crippen LogP contribution is 2.31. The number of piperidine rings is 1. The minimum absolute atomic E-state index is 0.130. The van der Waals surface area contributed by atoms with Gasteiger partial charge in [0.15, 0.2) is 0 Å². The number of aliphatic hydroxyl groups excluding tert-OH is 1. The first-order chi connectivity index (χ1) is 8.74. The van der Waals surface area contributed by atoms with Crippen molar-refractivity contribution >= 4 is 12.1 Å². The number of aliphatic hydroxyl groups is 1. The summed E-state index contributed by atoms with van der Waals surface area (Å²) in [6.07, 6.45) is 0.679. The molecule has 0 saturated carbocycles. The molecule has 1 unspecified atom stereocenters. The molecule has 1 aliphatic rings. The smallest absolute Gasteiger partial charge is 0.410 e. The fraction of sp³-hybridized carbons (Fsp3) is 0.846. The average molecular weight is 273 g/mol. The Bertz CT molecular complexity index is 349. The molecule has 1 rings (SSSR count). The maximum Gasteiger partial charge on any atom is 0.410 e. The van der Waals surface area contributed by atoms with Gasteiger partial charge in [0.2, 0.25) is 0 Å². The maximum absolute atomic E-state index is 12.0. The van der Waals surface area contributed by atoms with E-state index < -0.39 is 23.1 Å². The fourth-order valence-electron chi connectivity index (χ4n) is 2.19. The molecule has 1 heterocycles. The van der Waals surface area contributed by atoms with Crippen molar-refractivity contribution in [2.24, 2.45) is 5.41 Å². The van der Waals surface area contributed by atoms with Crippen LogP contribution >= 0.6 is 0 Å². The second kappa shape index (κ2) is 5.77. The average Bonchev–Trinajstić information content (AvgIpc) is 2.35. The Hall–Kier alpha value is -1.30. The zero-order chi connectivity index (χ0) is 14.7. The molecule has 1 fully saturated rings. The highest BCUT2D eigenvalue weighted by Gasteiger charge is 2.44. The van der Waals surface area contributed by atoms with Gasteiger partial charge < -0.3 is 19.5 Å². The van der Waals surface area contributed by atoms with Gasteiger partial charge in [-0.2, -0.15) is 0 Å². The Morgan fingerprint density at radius 3 is 2.47 bits per heavy atom. The van der Waals surface area contributed by atoms with E-state index in [1.54, 1.807) is 20.8 Å². The molecule has 0 aliphatic carbocycles. The molecule has 6 nitrogen and oxygen atoms in total. The van der Waals surface area contributed by atoms with Gasteiger partial charge in [0, 0.05) is 13.1 Å². The van der Waals surface area contributed by atoms with Crippen LogP contribution in [0.25, 0.3) is 0 Å². The lowest BCUT2D eigenvalue weighted by atomic mass is 9.81. The highest BCUT2D eigenvalue weighted by atomic mass is 16.6. The number of amides is 1. The number of carbonyl (C=O) groups excluding carboxylic acids is 2. The van der Waals surface area contributed by atoms with E-state index in [9.17, 15) is 14.7 Å². The number of hydrogen-bond acceptors (Lipinski definition) is 5. The minimum atomic E-state index is -1.02. The molecule has 1 amide bonds. The third-order valence-corrected chi connectivity index (χ3v) is 3.15. The molecule has 19 heavy (non-hydrogen) atoms. The van der Waals surface area contributed by atoms with Gasteiger partial charge in [-0.1, -0.05) is 0 Å². The number of carbonyl (C=O) groups is 2. The van der Waals surface area contributed by atoms with Crippen molar-refractivity contribution in [1.29, 1.82) is 0 Å². The van der Waals surface area contributed by atoms with Crippen molar-refractivity contribution in [2.75, 3.05) is 26.8 Å². The lowest BCUT2D eigenvalue weighted by Gasteiger charge is -2.39. The Kier molecular flexibility index (Phi) is 4.79. The van der Waals surface area contributed by atoms with Crippen LogP contribution in [0, 0.1) is 5.41 Å². The summed E-state index contributed by atoms with van der Waals surface area (Å²) >= 11 is 0. The zero-order valence-electron chi connectivity index (χ0n) is 12.1. The van der Waals surface area contributed by atoms with Crippen molar-refractivity contribution in [3.63, 3.8) is 0 Å². The first-order valence-electron chi connectivity index (χ1n) is 6.41. The van der Waals surface area contributed by atoms with E-state index in [1.807, 2.05) is 0 Å². The van der Waals surface area contributed by atoms with Gasteiger partial charge in [-0.15, -0.1) is 0 Å². The van der Waals surface area contributed by atoms with Gasteiger partial charge in [0.05, 0.1) is 13.7 Å². The minimum Gasteiger partial charge on any atom is -0.468 e. The second-order valence-electron chi connectivity index (χ2n) is 5.94. The largest absolute Gasteiger partial charge is 0.468 e. The highest BCUT2D eigenvalue weighted by molar-refractivity contribution is 5.79. The lowest BCUT2D eigenvalue weighted by molar-refractivity contribution is -0.159. The summed E-state index contributed by atoms with van der Waals surface area (Å²) in [6, 6.07) is 0. The monoisotopic (exact) mass is 273 g/mol. The molecule has 1 atom stereocenters. The number of likely N-dealkylation sites (tertiary alicyclic amines) is 1. The molecule has 0 bridgehead atoms. The Morgan fingerprint density at radius 1 is 1.37 bits per heavy atom. The van der Waals surface area contributed by atoms with Gasteiger partial charge in [-0.05, 0) is 33.6 Å². The molecule has 0 aromatic heterocycles. The quantitative estimate of drug-likeness (QED) is 0.764. The Morgan fingerprint density at radius 2 is 2.00 bits per heavy atom. The predicted octanol–water partition coefficient (Wildman–Crippen LogP) is 1.17. The van der Waals surface area contributed by atoms with Crippen LogP contribution < -0.4 is 0 Å². The molecule has 110 valence electrons.